The molecule has 0 saturated heterocycles. The minimum absolute atomic E-state index is 0.0353. The lowest BCUT2D eigenvalue weighted by Gasteiger charge is -2.61. The first-order valence-corrected chi connectivity index (χ1v) is 15.8. The fourth-order valence-corrected chi connectivity index (χ4v) is 9.64. The molecule has 0 aliphatic heterocycles. The molecule has 3 N–H and O–H groups in total. The van der Waals surface area contributed by atoms with Gasteiger partial charge in [0.2, 0.25) is 0 Å². The van der Waals surface area contributed by atoms with Gasteiger partial charge in [-0.25, -0.2) is 0 Å². The van der Waals surface area contributed by atoms with Crippen LogP contribution in [0.15, 0.2) is 12.7 Å². The van der Waals surface area contributed by atoms with Crippen LogP contribution in [0.1, 0.15) is 79.1 Å². The molecule has 41 heavy (non-hydrogen) atoms. The Bertz CT molecular complexity index is 1060. The van der Waals surface area contributed by atoms with E-state index in [9.17, 15) is 37.8 Å². The molecule has 4 saturated carbocycles. The molecular weight excluding hydrogens is 559 g/mol. The molecule has 0 spiro atoms. The number of carbonyl (C=O) groups is 3. The first-order chi connectivity index (χ1) is 19.0. The number of amides is 1. The Labute approximate surface area is 244 Å². The largest absolute Gasteiger partial charge is 0.471 e. The van der Waals surface area contributed by atoms with Crippen molar-refractivity contribution in [3.05, 3.63) is 12.7 Å². The van der Waals surface area contributed by atoms with Crippen LogP contribution in [0.5, 0.6) is 0 Å². The second kappa shape index (κ2) is 11.5. The summed E-state index contributed by atoms with van der Waals surface area (Å²) in [5, 5.41) is 23.7. The monoisotopic (exact) mass is 603 g/mol. The Morgan fingerprint density at radius 1 is 1.17 bits per heavy atom. The summed E-state index contributed by atoms with van der Waals surface area (Å²) in [5.74, 6) is -2.77. The second-order valence-electron chi connectivity index (χ2n) is 13.5. The van der Waals surface area contributed by atoms with E-state index in [-0.39, 0.29) is 47.5 Å². The Morgan fingerprint density at radius 2 is 1.85 bits per heavy atom. The molecule has 0 aromatic rings. The Balaban J connectivity index is 1.48. The van der Waals surface area contributed by atoms with Crippen LogP contribution in [0.25, 0.3) is 0 Å². The first kappa shape index (κ1) is 32.3. The predicted molar refractivity (Wildman–Crippen MR) is 149 cm³/mol. The van der Waals surface area contributed by atoms with Crippen LogP contribution in [-0.4, -0.2) is 69.4 Å². The summed E-state index contributed by atoms with van der Waals surface area (Å²) in [6.45, 7) is 12.2. The zero-order valence-corrected chi connectivity index (χ0v) is 25.2. The van der Waals surface area contributed by atoms with E-state index in [1.54, 1.807) is 6.08 Å². The normalized spacial score (nSPS) is 44.8. The number of rotatable bonds is 6. The van der Waals surface area contributed by atoms with Crippen molar-refractivity contribution < 1.29 is 42.5 Å². The van der Waals surface area contributed by atoms with Crippen molar-refractivity contribution in [2.24, 2.45) is 34.0 Å². The van der Waals surface area contributed by atoms with Crippen molar-refractivity contribution in [3.63, 3.8) is 0 Å². The van der Waals surface area contributed by atoms with Gasteiger partial charge in [-0.1, -0.05) is 33.8 Å². The molecule has 4 rings (SSSR count). The van der Waals surface area contributed by atoms with Crippen molar-refractivity contribution in [1.29, 1.82) is 0 Å². The van der Waals surface area contributed by atoms with Crippen molar-refractivity contribution in [2.75, 3.05) is 5.75 Å². The first-order valence-electron chi connectivity index (χ1n) is 14.7. The molecule has 4 aliphatic carbocycles. The molecule has 1 amide bonds. The third-order valence-electron chi connectivity index (χ3n) is 11.3. The molecule has 2 bridgehead atoms. The van der Waals surface area contributed by atoms with Crippen LogP contribution in [0.4, 0.5) is 13.2 Å². The van der Waals surface area contributed by atoms with Crippen LogP contribution in [0.2, 0.25) is 0 Å². The molecule has 11 heteroatoms. The molecular formula is C30H44F3NO6S. The van der Waals surface area contributed by atoms with Gasteiger partial charge in [0.15, 0.2) is 0 Å². The summed E-state index contributed by atoms with van der Waals surface area (Å²) in [7, 11) is 0. The van der Waals surface area contributed by atoms with E-state index in [1.165, 1.54) is 11.8 Å². The quantitative estimate of drug-likeness (QED) is 0.301. The smallest absolute Gasteiger partial charge is 0.461 e. The zero-order chi connectivity index (χ0) is 30.5. The lowest BCUT2D eigenvalue weighted by Crippen LogP contribution is -2.63. The third kappa shape index (κ3) is 5.71. The van der Waals surface area contributed by atoms with E-state index in [0.717, 1.165) is 12.8 Å². The molecule has 1 unspecified atom stereocenters. The van der Waals surface area contributed by atoms with Gasteiger partial charge >= 0.3 is 18.1 Å². The van der Waals surface area contributed by atoms with Crippen LogP contribution >= 0.6 is 11.8 Å². The number of carbonyl (C=O) groups excluding carboxylic acids is 3. The molecule has 0 aromatic heterocycles. The van der Waals surface area contributed by atoms with Gasteiger partial charge in [-0.2, -0.15) is 13.2 Å². The minimum Gasteiger partial charge on any atom is -0.461 e. The number of aliphatic hydroxyl groups is 2. The average Bonchev–Trinajstić information content (AvgIpc) is 3.26. The summed E-state index contributed by atoms with van der Waals surface area (Å²) in [6.07, 6.45) is -1.88. The van der Waals surface area contributed by atoms with Gasteiger partial charge in [0.05, 0.1) is 18.0 Å². The number of alkyl halides is 3. The highest BCUT2D eigenvalue weighted by atomic mass is 32.2. The maximum atomic E-state index is 13.5. The molecule has 0 aromatic carbocycles. The van der Waals surface area contributed by atoms with Crippen molar-refractivity contribution in [1.82, 2.24) is 5.32 Å². The van der Waals surface area contributed by atoms with Crippen molar-refractivity contribution in [2.45, 2.75) is 115 Å². The van der Waals surface area contributed by atoms with Crippen LogP contribution in [0.3, 0.4) is 0 Å². The number of hydrogen-bond acceptors (Lipinski definition) is 7. The molecule has 0 radical (unpaired) electrons. The Morgan fingerprint density at radius 3 is 2.46 bits per heavy atom. The average molecular weight is 604 g/mol. The number of thioether (sulfide) groups is 1. The highest BCUT2D eigenvalue weighted by Gasteiger charge is 2.68. The summed E-state index contributed by atoms with van der Waals surface area (Å²) in [6, 6.07) is -0.791. The predicted octanol–water partition coefficient (Wildman–Crippen LogP) is 4.59. The zero-order valence-electron chi connectivity index (χ0n) is 24.3. The van der Waals surface area contributed by atoms with E-state index >= 15 is 0 Å². The van der Waals surface area contributed by atoms with Gasteiger partial charge in [-0.05, 0) is 62.2 Å². The van der Waals surface area contributed by atoms with Crippen LogP contribution < -0.4 is 5.32 Å². The summed E-state index contributed by atoms with van der Waals surface area (Å²) in [4.78, 5) is 38.1. The maximum Gasteiger partial charge on any atom is 0.471 e. The summed E-state index contributed by atoms with van der Waals surface area (Å²) in [5.41, 5.74) is -1.74. The minimum atomic E-state index is -4.98. The van der Waals surface area contributed by atoms with Crippen LogP contribution in [-0.2, 0) is 19.1 Å². The fraction of sp³-hybridized carbons (Fsp3) is 0.833. The number of esters is 1. The van der Waals surface area contributed by atoms with E-state index in [2.05, 4.69) is 20.4 Å². The number of hydrogen-bond donors (Lipinski definition) is 3. The summed E-state index contributed by atoms with van der Waals surface area (Å²) < 4.78 is 44.0. The molecule has 7 nitrogen and oxygen atoms in total. The number of Topliss-reactive ketones (excluding diaryl/α,β-unsaturated/α-hetero) is 1. The number of nitrogens with one attached hydrogen (secondary N) is 1. The Kier molecular flexibility index (Phi) is 9.06. The van der Waals surface area contributed by atoms with Crippen LogP contribution in [0, 0.1) is 34.0 Å². The SMILES string of the molecule is C=C[C@]1(C)C[C@@H](OC(=O)CS[C@@H]2CC[C@@H](NC(=O)C(F)(F)F)C[C@H]2O)[C@]2(C)C(C)CC[C@]3(CCC(=O)[C@H]32)[C@@H](C)[C@@H]1O. The Hall–Kier alpha value is -1.59. The van der Waals surface area contributed by atoms with Gasteiger partial charge in [0.1, 0.15) is 11.9 Å². The van der Waals surface area contributed by atoms with Gasteiger partial charge < -0.3 is 20.3 Å². The lowest BCUT2D eigenvalue weighted by atomic mass is 9.44. The highest BCUT2D eigenvalue weighted by Crippen LogP contribution is 2.68. The number of aliphatic hydroxyl groups excluding tert-OH is 2. The number of halogens is 3. The van der Waals surface area contributed by atoms with Gasteiger partial charge in [0, 0.05) is 34.5 Å². The van der Waals surface area contributed by atoms with E-state index in [4.69, 9.17) is 4.74 Å². The van der Waals surface area contributed by atoms with E-state index in [0.29, 0.717) is 25.7 Å². The highest BCUT2D eigenvalue weighted by molar-refractivity contribution is 8.00. The lowest BCUT2D eigenvalue weighted by molar-refractivity contribution is -0.205. The van der Waals surface area contributed by atoms with Gasteiger partial charge in [0.25, 0.3) is 0 Å². The topological polar surface area (TPSA) is 113 Å². The summed E-state index contributed by atoms with van der Waals surface area (Å²) >= 11 is 1.19. The third-order valence-corrected chi connectivity index (χ3v) is 12.7. The number of ketones is 1. The molecule has 4 fully saturated rings. The van der Waals surface area contributed by atoms with E-state index < -0.39 is 58.5 Å². The second-order valence-corrected chi connectivity index (χ2v) is 14.7. The fourth-order valence-electron chi connectivity index (χ4n) is 8.58. The molecule has 232 valence electrons. The van der Waals surface area contributed by atoms with Crippen molar-refractivity contribution in [3.8, 4) is 0 Å². The molecule has 0 heterocycles. The standard InChI is InChI=1S/C30H44F3NO6S/c1-6-27(4)14-22(28(5)16(2)9-11-29(17(3)25(27)38)12-10-19(35)24(28)29)40-23(37)15-41-21-8-7-18(13-20(21)36)34-26(39)30(31,32)33/h6,16-18,20-22,24-25,36,38H,1,7-15H2,2-5H3,(H,34,39)/t16?,17-,18+,20+,21+,22+,24-,25-,27+,28-,29-/m0/s1. The molecule has 4 aliphatic rings. The van der Waals surface area contributed by atoms with Gasteiger partial charge in [-0.15, -0.1) is 18.3 Å². The molecule has 11 atom stereocenters. The van der Waals surface area contributed by atoms with Gasteiger partial charge in [-0.3, -0.25) is 14.4 Å². The maximum absolute atomic E-state index is 13.5. The van der Waals surface area contributed by atoms with E-state index in [1.807, 2.05) is 19.2 Å². The van der Waals surface area contributed by atoms with Crippen molar-refractivity contribution >= 4 is 29.4 Å². The number of ether oxygens (including phenoxy) is 1.